The summed E-state index contributed by atoms with van der Waals surface area (Å²) in [6, 6.07) is 21.8. The molecule has 32 heavy (non-hydrogen) atoms. The van der Waals surface area contributed by atoms with Gasteiger partial charge in [-0.3, -0.25) is 4.40 Å². The average molecular weight is 425 g/mol. The largest absolute Gasteiger partial charge is 0.346 e. The first-order chi connectivity index (χ1) is 15.5. The lowest BCUT2D eigenvalue weighted by atomic mass is 9.98. The van der Waals surface area contributed by atoms with Crippen molar-refractivity contribution in [3.63, 3.8) is 0 Å². The minimum absolute atomic E-state index is 0.265. The van der Waals surface area contributed by atoms with Crippen LogP contribution in [0.4, 0.5) is 5.82 Å². The molecule has 0 bridgehead atoms. The van der Waals surface area contributed by atoms with E-state index < -0.39 is 0 Å². The number of rotatable bonds is 4. The number of para-hydroxylation sites is 2. The number of nitrogens with one attached hydrogen (secondary N) is 1. The van der Waals surface area contributed by atoms with E-state index in [0.29, 0.717) is 5.56 Å². The first-order valence-electron chi connectivity index (χ1n) is 11.5. The Bertz CT molecular complexity index is 1300. The van der Waals surface area contributed by atoms with E-state index in [9.17, 15) is 5.26 Å². The SMILES string of the molecule is Cc1ccc(C[NH+]2CCN(c3cc(C(C)C)c(C#N)c4nc5ccccc5n34)CC2)cc1. The molecule has 0 spiro atoms. The third-order valence-corrected chi connectivity index (χ3v) is 6.69. The van der Waals surface area contributed by atoms with Gasteiger partial charge in [-0.15, -0.1) is 0 Å². The molecule has 5 rings (SSSR count). The molecule has 0 atom stereocenters. The van der Waals surface area contributed by atoms with Crippen molar-refractivity contribution in [3.05, 3.63) is 76.9 Å². The van der Waals surface area contributed by atoms with Crippen molar-refractivity contribution in [2.24, 2.45) is 0 Å². The van der Waals surface area contributed by atoms with Gasteiger partial charge in [-0.2, -0.15) is 5.26 Å². The molecule has 0 saturated carbocycles. The van der Waals surface area contributed by atoms with Gasteiger partial charge < -0.3 is 9.80 Å². The number of benzene rings is 2. The average Bonchev–Trinajstić information content (AvgIpc) is 3.19. The number of nitrogens with zero attached hydrogens (tertiary/aromatic N) is 4. The molecule has 2 aromatic heterocycles. The zero-order valence-corrected chi connectivity index (χ0v) is 19.1. The van der Waals surface area contributed by atoms with Crippen LogP contribution in [0, 0.1) is 18.3 Å². The van der Waals surface area contributed by atoms with E-state index in [2.05, 4.69) is 72.5 Å². The maximum Gasteiger partial charge on any atom is 0.157 e. The molecule has 0 unspecified atom stereocenters. The Morgan fingerprint density at radius 3 is 2.47 bits per heavy atom. The minimum Gasteiger partial charge on any atom is -0.346 e. The summed E-state index contributed by atoms with van der Waals surface area (Å²) in [4.78, 5) is 8.97. The third kappa shape index (κ3) is 3.61. The molecule has 1 aliphatic rings. The zero-order valence-electron chi connectivity index (χ0n) is 19.1. The number of pyridine rings is 1. The van der Waals surface area contributed by atoms with Gasteiger partial charge in [0.05, 0.1) is 42.8 Å². The fourth-order valence-electron chi connectivity index (χ4n) is 4.86. The Morgan fingerprint density at radius 2 is 1.78 bits per heavy atom. The van der Waals surface area contributed by atoms with Crippen LogP contribution in [0.3, 0.4) is 0 Å². The molecule has 2 aromatic carbocycles. The van der Waals surface area contributed by atoms with Crippen molar-refractivity contribution < 1.29 is 4.90 Å². The zero-order chi connectivity index (χ0) is 22.2. The van der Waals surface area contributed by atoms with Gasteiger partial charge in [-0.05, 0) is 36.6 Å². The van der Waals surface area contributed by atoms with E-state index in [4.69, 9.17) is 4.98 Å². The third-order valence-electron chi connectivity index (χ3n) is 6.69. The van der Waals surface area contributed by atoms with Gasteiger partial charge in [-0.25, -0.2) is 4.98 Å². The second kappa shape index (κ2) is 8.29. The number of hydrogen-bond donors (Lipinski definition) is 1. The molecule has 162 valence electrons. The van der Waals surface area contributed by atoms with Crippen molar-refractivity contribution in [2.75, 3.05) is 31.1 Å². The molecular formula is C27H30N5+. The molecule has 3 heterocycles. The number of anilines is 1. The molecular weight excluding hydrogens is 394 g/mol. The van der Waals surface area contributed by atoms with E-state index in [1.807, 2.05) is 18.2 Å². The number of nitriles is 1. The smallest absolute Gasteiger partial charge is 0.157 e. The van der Waals surface area contributed by atoms with Crippen molar-refractivity contribution in [3.8, 4) is 6.07 Å². The fraction of sp³-hybridized carbons (Fsp3) is 0.333. The number of fused-ring (bicyclic) bond motifs is 3. The van der Waals surface area contributed by atoms with Gasteiger partial charge in [0.2, 0.25) is 0 Å². The summed E-state index contributed by atoms with van der Waals surface area (Å²) >= 11 is 0. The topological polar surface area (TPSA) is 48.8 Å². The highest BCUT2D eigenvalue weighted by Gasteiger charge is 2.25. The molecule has 1 N–H and O–H groups in total. The minimum atomic E-state index is 0.265. The number of quaternary nitrogens is 1. The van der Waals surface area contributed by atoms with Crippen LogP contribution >= 0.6 is 0 Å². The van der Waals surface area contributed by atoms with Crippen molar-refractivity contribution in [2.45, 2.75) is 33.2 Å². The Morgan fingerprint density at radius 1 is 1.06 bits per heavy atom. The molecule has 4 aromatic rings. The normalized spacial score (nSPS) is 15.0. The second-order valence-electron chi connectivity index (χ2n) is 9.26. The van der Waals surface area contributed by atoms with Gasteiger partial charge in [0.1, 0.15) is 18.4 Å². The van der Waals surface area contributed by atoms with Gasteiger partial charge in [-0.1, -0.05) is 55.8 Å². The Labute approximate surface area is 189 Å². The second-order valence-corrected chi connectivity index (χ2v) is 9.26. The lowest BCUT2D eigenvalue weighted by molar-refractivity contribution is -0.914. The Balaban J connectivity index is 1.50. The predicted molar refractivity (Wildman–Crippen MR) is 129 cm³/mol. The summed E-state index contributed by atoms with van der Waals surface area (Å²) in [6.07, 6.45) is 0. The van der Waals surface area contributed by atoms with Crippen LogP contribution in [0.15, 0.2) is 54.6 Å². The standard InChI is InChI=1S/C27H29N5/c1-19(2)22-16-26(32-25-7-5-4-6-24(25)29-27(32)23(22)17-28)31-14-12-30(13-15-31)18-21-10-8-20(3)9-11-21/h4-11,16,19H,12-15,18H2,1-3H3/p+1. The number of aryl methyl sites for hydroxylation is 1. The first kappa shape index (κ1) is 20.5. The van der Waals surface area contributed by atoms with E-state index in [1.165, 1.54) is 11.1 Å². The molecule has 1 aliphatic heterocycles. The summed E-state index contributed by atoms with van der Waals surface area (Å²) < 4.78 is 2.20. The van der Waals surface area contributed by atoms with Crippen LogP contribution in [0.25, 0.3) is 16.7 Å². The first-order valence-corrected chi connectivity index (χ1v) is 11.5. The van der Waals surface area contributed by atoms with E-state index >= 15 is 0 Å². The number of imidazole rings is 1. The van der Waals surface area contributed by atoms with Gasteiger partial charge in [0.25, 0.3) is 0 Å². The maximum atomic E-state index is 9.96. The summed E-state index contributed by atoms with van der Waals surface area (Å²) in [5, 5.41) is 9.96. The van der Waals surface area contributed by atoms with Crippen LogP contribution in [-0.4, -0.2) is 35.6 Å². The van der Waals surface area contributed by atoms with Crippen LogP contribution in [0.1, 0.15) is 42.0 Å². The number of aromatic nitrogens is 2. The maximum absolute atomic E-state index is 9.96. The van der Waals surface area contributed by atoms with Gasteiger partial charge >= 0.3 is 0 Å². The lowest BCUT2D eigenvalue weighted by Crippen LogP contribution is -3.13. The molecule has 0 aliphatic carbocycles. The summed E-state index contributed by atoms with van der Waals surface area (Å²) in [5.41, 5.74) is 7.29. The Hall–Kier alpha value is -3.36. The lowest BCUT2D eigenvalue weighted by Gasteiger charge is -2.34. The van der Waals surface area contributed by atoms with Gasteiger partial charge in [0, 0.05) is 5.56 Å². The van der Waals surface area contributed by atoms with Crippen molar-refractivity contribution in [1.29, 1.82) is 5.26 Å². The Kier molecular flexibility index (Phi) is 5.32. The van der Waals surface area contributed by atoms with E-state index in [0.717, 1.165) is 60.8 Å². The van der Waals surface area contributed by atoms with Crippen molar-refractivity contribution in [1.82, 2.24) is 9.38 Å². The quantitative estimate of drug-likeness (QED) is 0.544. The predicted octanol–water partition coefficient (Wildman–Crippen LogP) is 3.70. The monoisotopic (exact) mass is 424 g/mol. The van der Waals surface area contributed by atoms with Gasteiger partial charge in [0.15, 0.2) is 5.65 Å². The van der Waals surface area contributed by atoms with E-state index in [-0.39, 0.29) is 5.92 Å². The van der Waals surface area contributed by atoms with Crippen LogP contribution in [0.2, 0.25) is 0 Å². The molecule has 5 heteroatoms. The summed E-state index contributed by atoms with van der Waals surface area (Å²) in [5.74, 6) is 1.42. The molecule has 0 amide bonds. The number of piperazine rings is 1. The summed E-state index contributed by atoms with van der Waals surface area (Å²) in [7, 11) is 0. The molecule has 5 nitrogen and oxygen atoms in total. The fourth-order valence-corrected chi connectivity index (χ4v) is 4.86. The van der Waals surface area contributed by atoms with Crippen molar-refractivity contribution >= 4 is 22.5 Å². The highest BCUT2D eigenvalue weighted by molar-refractivity contribution is 5.85. The molecule has 1 fully saturated rings. The highest BCUT2D eigenvalue weighted by atomic mass is 15.3. The summed E-state index contributed by atoms with van der Waals surface area (Å²) in [6.45, 7) is 11.7. The molecule has 0 radical (unpaired) electrons. The van der Waals surface area contributed by atoms with E-state index in [1.54, 1.807) is 4.90 Å². The van der Waals surface area contributed by atoms with Crippen LogP contribution in [0.5, 0.6) is 0 Å². The molecule has 1 saturated heterocycles. The van der Waals surface area contributed by atoms with Crippen LogP contribution < -0.4 is 9.80 Å². The highest BCUT2D eigenvalue weighted by Crippen LogP contribution is 2.32. The number of hydrogen-bond acceptors (Lipinski definition) is 3. The van der Waals surface area contributed by atoms with Crippen LogP contribution in [-0.2, 0) is 6.54 Å².